The Morgan fingerprint density at radius 1 is 0.808 bits per heavy atom. The van der Waals surface area contributed by atoms with Crippen molar-refractivity contribution in [3.05, 3.63) is 54.6 Å². The Morgan fingerprint density at radius 3 is 2.15 bits per heavy atom. The maximum Gasteiger partial charge on any atom is 0.243 e. The van der Waals surface area contributed by atoms with Gasteiger partial charge in [-0.15, -0.1) is 0 Å². The molecule has 0 radical (unpaired) electrons. The molecule has 2 aliphatic rings. The molecule has 4 rings (SSSR count). The highest BCUT2D eigenvalue weighted by Crippen LogP contribution is 2.33. The van der Waals surface area contributed by atoms with E-state index in [1.165, 1.54) is 0 Å². The monoisotopic (exact) mass is 373 g/mol. The second kappa shape index (κ2) is 7.12. The Labute approximate surface area is 154 Å². The van der Waals surface area contributed by atoms with Gasteiger partial charge in [0.25, 0.3) is 0 Å². The fourth-order valence-corrected chi connectivity index (χ4v) is 5.16. The van der Waals surface area contributed by atoms with E-state index < -0.39 is 15.8 Å². The number of hydrogen-bond acceptors (Lipinski definition) is 4. The van der Waals surface area contributed by atoms with Crippen LogP contribution in [0.5, 0.6) is 0 Å². The lowest BCUT2D eigenvalue weighted by molar-refractivity contribution is -0.163. The average molecular weight is 373 g/mol. The second-order valence-corrected chi connectivity index (χ2v) is 8.69. The Hall–Kier alpha value is -1.73. The molecule has 2 aliphatic heterocycles. The predicted molar refractivity (Wildman–Crippen MR) is 99.1 cm³/mol. The third-order valence-corrected chi connectivity index (χ3v) is 7.03. The lowest BCUT2D eigenvalue weighted by atomic mass is 10.1. The first-order valence-corrected chi connectivity index (χ1v) is 10.5. The summed E-state index contributed by atoms with van der Waals surface area (Å²) >= 11 is 0. The van der Waals surface area contributed by atoms with E-state index >= 15 is 0 Å². The number of sulfonamides is 1. The van der Waals surface area contributed by atoms with Gasteiger partial charge >= 0.3 is 0 Å². The quantitative estimate of drug-likeness (QED) is 0.829. The number of ether oxygens (including phenoxy) is 2. The molecule has 1 spiro atoms. The zero-order valence-corrected chi connectivity index (χ0v) is 15.5. The van der Waals surface area contributed by atoms with E-state index in [0.717, 1.165) is 24.0 Å². The molecule has 0 N–H and O–H groups in total. The van der Waals surface area contributed by atoms with Gasteiger partial charge in [-0.1, -0.05) is 42.5 Å². The number of nitrogens with zero attached hydrogens (tertiary/aromatic N) is 1. The lowest BCUT2D eigenvalue weighted by Crippen LogP contribution is -2.35. The van der Waals surface area contributed by atoms with Crippen LogP contribution >= 0.6 is 0 Å². The van der Waals surface area contributed by atoms with E-state index in [2.05, 4.69) is 0 Å². The zero-order valence-electron chi connectivity index (χ0n) is 14.6. The molecule has 5 nitrogen and oxygen atoms in total. The van der Waals surface area contributed by atoms with Crippen molar-refractivity contribution in [3.8, 4) is 11.1 Å². The van der Waals surface area contributed by atoms with Gasteiger partial charge in [0, 0.05) is 25.9 Å². The van der Waals surface area contributed by atoms with Gasteiger partial charge in [-0.3, -0.25) is 0 Å². The minimum absolute atomic E-state index is 0.335. The molecule has 0 amide bonds. The van der Waals surface area contributed by atoms with Gasteiger partial charge in [-0.25, -0.2) is 8.42 Å². The van der Waals surface area contributed by atoms with Crippen molar-refractivity contribution < 1.29 is 17.9 Å². The molecule has 138 valence electrons. The van der Waals surface area contributed by atoms with Crippen LogP contribution in [-0.2, 0) is 19.5 Å². The molecule has 0 saturated carbocycles. The highest BCUT2D eigenvalue weighted by molar-refractivity contribution is 7.89. The van der Waals surface area contributed by atoms with Crippen LogP contribution in [0.25, 0.3) is 11.1 Å². The Kier molecular flexibility index (Phi) is 4.84. The smallest absolute Gasteiger partial charge is 0.243 e. The molecule has 2 aromatic rings. The van der Waals surface area contributed by atoms with Crippen LogP contribution in [-0.4, -0.2) is 44.8 Å². The normalized spacial score (nSPS) is 20.9. The van der Waals surface area contributed by atoms with Crippen molar-refractivity contribution in [2.75, 3.05) is 26.3 Å². The molecule has 2 saturated heterocycles. The van der Waals surface area contributed by atoms with E-state index in [1.807, 2.05) is 42.5 Å². The van der Waals surface area contributed by atoms with Crippen LogP contribution < -0.4 is 0 Å². The third-order valence-electron chi connectivity index (χ3n) is 5.12. The lowest BCUT2D eigenvalue weighted by Gasteiger charge is -2.25. The van der Waals surface area contributed by atoms with Crippen LogP contribution in [0.2, 0.25) is 0 Å². The van der Waals surface area contributed by atoms with Crippen LogP contribution in [0.1, 0.15) is 19.3 Å². The number of benzene rings is 2. The molecular formula is C20H23NO4S. The summed E-state index contributed by atoms with van der Waals surface area (Å²) in [6.45, 7) is 2.10. The first-order valence-electron chi connectivity index (χ1n) is 9.03. The minimum atomic E-state index is -3.51. The first-order chi connectivity index (χ1) is 12.6. The fraction of sp³-hybridized carbons (Fsp3) is 0.400. The van der Waals surface area contributed by atoms with Crippen molar-refractivity contribution in [1.29, 1.82) is 0 Å². The second-order valence-electron chi connectivity index (χ2n) is 6.76. The highest BCUT2D eigenvalue weighted by atomic mass is 32.2. The maximum absolute atomic E-state index is 13.0. The van der Waals surface area contributed by atoms with Gasteiger partial charge in [-0.2, -0.15) is 4.31 Å². The molecule has 0 unspecified atom stereocenters. The highest BCUT2D eigenvalue weighted by Gasteiger charge is 2.40. The minimum Gasteiger partial charge on any atom is -0.347 e. The standard InChI is InChI=1S/C20H23NO4S/c22-26(23,21-13-4-11-20(12-14-21)24-15-16-25-20)19-9-7-18(8-10-19)17-5-2-1-3-6-17/h1-3,5-10H,4,11-16H2. The zero-order chi connectivity index (χ0) is 18.0. The average Bonchev–Trinajstić information content (AvgIpc) is 3.02. The molecular weight excluding hydrogens is 350 g/mol. The number of rotatable bonds is 3. The van der Waals surface area contributed by atoms with Gasteiger partial charge < -0.3 is 9.47 Å². The van der Waals surface area contributed by atoms with Gasteiger partial charge in [-0.05, 0) is 29.7 Å². The van der Waals surface area contributed by atoms with E-state index in [9.17, 15) is 8.42 Å². The summed E-state index contributed by atoms with van der Waals surface area (Å²) in [7, 11) is -3.51. The van der Waals surface area contributed by atoms with Crippen LogP contribution in [0.4, 0.5) is 0 Å². The summed E-state index contributed by atoms with van der Waals surface area (Å²) in [6.07, 6.45) is 2.06. The van der Waals surface area contributed by atoms with Gasteiger partial charge in [0.1, 0.15) is 0 Å². The molecule has 0 bridgehead atoms. The Bertz CT molecular complexity index is 843. The van der Waals surface area contributed by atoms with Crippen molar-refractivity contribution in [2.24, 2.45) is 0 Å². The summed E-state index contributed by atoms with van der Waals surface area (Å²) in [6, 6.07) is 17.1. The molecule has 2 fully saturated rings. The van der Waals surface area contributed by atoms with Crippen molar-refractivity contribution in [3.63, 3.8) is 0 Å². The Morgan fingerprint density at radius 2 is 1.46 bits per heavy atom. The van der Waals surface area contributed by atoms with E-state index in [1.54, 1.807) is 16.4 Å². The summed E-state index contributed by atoms with van der Waals surface area (Å²) in [5.41, 5.74) is 2.08. The fourth-order valence-electron chi connectivity index (χ4n) is 3.68. The summed E-state index contributed by atoms with van der Waals surface area (Å²) in [5.74, 6) is -0.582. The van der Waals surface area contributed by atoms with Gasteiger partial charge in [0.05, 0.1) is 18.1 Å². The molecule has 26 heavy (non-hydrogen) atoms. The van der Waals surface area contributed by atoms with Crippen molar-refractivity contribution >= 4 is 10.0 Å². The summed E-state index contributed by atoms with van der Waals surface area (Å²) in [5, 5.41) is 0. The molecule has 2 heterocycles. The third kappa shape index (κ3) is 3.42. The van der Waals surface area contributed by atoms with Gasteiger partial charge in [0.2, 0.25) is 10.0 Å². The summed E-state index contributed by atoms with van der Waals surface area (Å²) < 4.78 is 39.1. The van der Waals surface area contributed by atoms with Crippen molar-refractivity contribution in [1.82, 2.24) is 4.31 Å². The molecule has 6 heteroatoms. The molecule has 0 atom stereocenters. The molecule has 0 aliphatic carbocycles. The van der Waals surface area contributed by atoms with E-state index in [4.69, 9.17) is 9.47 Å². The van der Waals surface area contributed by atoms with Crippen LogP contribution in [0.3, 0.4) is 0 Å². The van der Waals surface area contributed by atoms with Crippen LogP contribution in [0, 0.1) is 0 Å². The SMILES string of the molecule is O=S(=O)(c1ccc(-c2ccccc2)cc1)N1CCCC2(CC1)OCCO2. The van der Waals surface area contributed by atoms with Crippen LogP contribution in [0.15, 0.2) is 59.5 Å². The number of hydrogen-bond donors (Lipinski definition) is 0. The van der Waals surface area contributed by atoms with E-state index in [-0.39, 0.29) is 0 Å². The Balaban J connectivity index is 1.53. The topological polar surface area (TPSA) is 55.8 Å². The first kappa shape index (κ1) is 17.7. The largest absolute Gasteiger partial charge is 0.347 e. The van der Waals surface area contributed by atoms with Gasteiger partial charge in [0.15, 0.2) is 5.79 Å². The molecule has 2 aromatic carbocycles. The van der Waals surface area contributed by atoms with E-state index in [0.29, 0.717) is 37.6 Å². The maximum atomic E-state index is 13.0. The van der Waals surface area contributed by atoms with Crippen molar-refractivity contribution in [2.45, 2.75) is 29.9 Å². The summed E-state index contributed by atoms with van der Waals surface area (Å²) in [4.78, 5) is 0.335. The molecule has 0 aromatic heterocycles. The predicted octanol–water partition coefficient (Wildman–Crippen LogP) is 3.27.